The Kier molecular flexibility index (Phi) is 25.9. The normalized spacial score (nSPS) is 15.5. The van der Waals surface area contributed by atoms with Gasteiger partial charge in [-0.1, -0.05) is 0 Å². The molecule has 0 aromatic carbocycles. The van der Waals surface area contributed by atoms with Gasteiger partial charge in [-0.3, -0.25) is 24.0 Å². The van der Waals surface area contributed by atoms with E-state index in [1.807, 2.05) is 0 Å². The van der Waals surface area contributed by atoms with E-state index in [0.717, 1.165) is 19.4 Å². The van der Waals surface area contributed by atoms with Crippen LogP contribution in [0.3, 0.4) is 0 Å². The first-order chi connectivity index (χ1) is 13.6. The lowest BCUT2D eigenvalue weighted by Gasteiger charge is -1.99. The van der Waals surface area contributed by atoms with Crippen molar-refractivity contribution in [2.45, 2.75) is 44.8 Å². The third-order valence-corrected chi connectivity index (χ3v) is 2.49. The minimum Gasteiger partial charge on any atom is -0.480 e. The van der Waals surface area contributed by atoms with Crippen molar-refractivity contribution in [2.75, 3.05) is 19.6 Å². The van der Waals surface area contributed by atoms with E-state index in [1.165, 1.54) is 13.8 Å². The van der Waals surface area contributed by atoms with Crippen LogP contribution in [0, 0.1) is 0 Å². The summed E-state index contributed by atoms with van der Waals surface area (Å²) in [6.07, 6.45) is 1.78. The first-order valence-corrected chi connectivity index (χ1v) is 8.40. The van der Waals surface area contributed by atoms with Crippen LogP contribution in [-0.4, -0.2) is 93.1 Å². The Morgan fingerprint density at radius 3 is 1.17 bits per heavy atom. The summed E-state index contributed by atoms with van der Waals surface area (Å²) in [4.78, 5) is 47.8. The van der Waals surface area contributed by atoms with Gasteiger partial charge in [-0.15, -0.1) is 0 Å². The van der Waals surface area contributed by atoms with E-state index in [2.05, 4.69) is 16.8 Å². The zero-order valence-corrected chi connectivity index (χ0v) is 16.9. The topological polar surface area (TPSA) is 303 Å². The van der Waals surface area contributed by atoms with Crippen molar-refractivity contribution in [3.63, 3.8) is 0 Å². The quantitative estimate of drug-likeness (QED) is 0.199. The summed E-state index contributed by atoms with van der Waals surface area (Å²) < 4.78 is 0. The zero-order valence-electron chi connectivity index (χ0n) is 16.9. The molecule has 0 spiro atoms. The van der Waals surface area contributed by atoms with Crippen LogP contribution in [0.1, 0.15) is 26.7 Å². The highest BCUT2D eigenvalue weighted by Gasteiger charge is 2.20. The third kappa shape index (κ3) is 36.1. The predicted octanol–water partition coefficient (Wildman–Crippen LogP) is -3.28. The van der Waals surface area contributed by atoms with E-state index in [-0.39, 0.29) is 19.1 Å². The minimum absolute atomic E-state index is 0.269. The molecule has 30 heavy (non-hydrogen) atoms. The van der Waals surface area contributed by atoms with E-state index in [9.17, 15) is 24.0 Å². The molecule has 178 valence electrons. The summed E-state index contributed by atoms with van der Waals surface area (Å²) >= 11 is 0. The van der Waals surface area contributed by atoms with E-state index >= 15 is 0 Å². The Hall–Kier alpha value is -2.85. The van der Waals surface area contributed by atoms with Gasteiger partial charge < -0.3 is 53.8 Å². The summed E-state index contributed by atoms with van der Waals surface area (Å²) in [5.74, 6) is -4.58. The van der Waals surface area contributed by atoms with Gasteiger partial charge in [0.2, 0.25) is 0 Å². The molecule has 0 saturated carbocycles. The number of nitrogens with two attached hydrogens (primary N) is 4. The highest BCUT2D eigenvalue weighted by atomic mass is 16.4. The molecule has 15 nitrogen and oxygen atoms in total. The molecular formula is C15H33N5O10. The first kappa shape index (κ1) is 34.6. The van der Waals surface area contributed by atoms with E-state index < -0.39 is 41.9 Å². The van der Waals surface area contributed by atoms with Crippen molar-refractivity contribution < 1.29 is 49.5 Å². The number of nitrogens with one attached hydrogen (secondary N) is 1. The molecular weight excluding hydrogens is 410 g/mol. The van der Waals surface area contributed by atoms with Gasteiger partial charge in [0.15, 0.2) is 0 Å². The SMILES string of the molecule is C[C@H](N)C(=O)O.C[C@H](N)C(=O)O.NCC(=O)O.NCC(=O)O.O=C(O)[C@@H]1CCCN1. The molecule has 3 atom stereocenters. The van der Waals surface area contributed by atoms with Crippen LogP contribution in [0.25, 0.3) is 0 Å². The van der Waals surface area contributed by atoms with Gasteiger partial charge in [0.25, 0.3) is 0 Å². The molecule has 14 N–H and O–H groups in total. The maximum atomic E-state index is 10.1. The highest BCUT2D eigenvalue weighted by Crippen LogP contribution is 2.03. The van der Waals surface area contributed by atoms with Crippen LogP contribution in [-0.2, 0) is 24.0 Å². The first-order valence-electron chi connectivity index (χ1n) is 8.40. The Labute approximate surface area is 173 Å². The fourth-order valence-electron chi connectivity index (χ4n) is 0.895. The van der Waals surface area contributed by atoms with Crippen LogP contribution in [0.2, 0.25) is 0 Å². The van der Waals surface area contributed by atoms with Crippen molar-refractivity contribution >= 4 is 29.8 Å². The van der Waals surface area contributed by atoms with Gasteiger partial charge >= 0.3 is 29.8 Å². The van der Waals surface area contributed by atoms with E-state index in [0.29, 0.717) is 0 Å². The number of carboxylic acid groups (broad SMARTS) is 5. The Morgan fingerprint density at radius 2 is 1.10 bits per heavy atom. The number of rotatable bonds is 5. The van der Waals surface area contributed by atoms with Crippen LogP contribution >= 0.6 is 0 Å². The fourth-order valence-corrected chi connectivity index (χ4v) is 0.895. The largest absolute Gasteiger partial charge is 0.480 e. The van der Waals surface area contributed by atoms with Gasteiger partial charge in [-0.05, 0) is 33.2 Å². The van der Waals surface area contributed by atoms with Crippen molar-refractivity contribution in [1.29, 1.82) is 0 Å². The lowest BCUT2D eigenvalue weighted by Crippen LogP contribution is -2.29. The maximum absolute atomic E-state index is 10.1. The molecule has 0 aromatic heterocycles. The lowest BCUT2D eigenvalue weighted by molar-refractivity contribution is -0.139. The molecule has 0 aliphatic carbocycles. The van der Waals surface area contributed by atoms with Crippen LogP contribution in [0.15, 0.2) is 0 Å². The summed E-state index contributed by atoms with van der Waals surface area (Å²) in [6.45, 7) is 3.14. The molecule has 1 heterocycles. The van der Waals surface area contributed by atoms with Gasteiger partial charge in [0.05, 0.1) is 13.1 Å². The average Bonchev–Trinajstić information content (AvgIpc) is 3.18. The zero-order chi connectivity index (χ0) is 24.9. The molecule has 1 saturated heterocycles. The summed E-state index contributed by atoms with van der Waals surface area (Å²) in [7, 11) is 0. The lowest BCUT2D eigenvalue weighted by atomic mass is 10.2. The van der Waals surface area contributed by atoms with Crippen LogP contribution < -0.4 is 28.3 Å². The van der Waals surface area contributed by atoms with Crippen molar-refractivity contribution in [3.8, 4) is 0 Å². The standard InChI is InChI=1S/C5H9NO2.2C3H7NO2.2C2H5NO2/c7-5(8)4-2-1-3-6-4;2*1-2(4)3(5)6;2*3-1-2(4)5/h4,6H,1-3H2,(H,7,8);2*2H,4H2,1H3,(H,5,6);2*1,3H2,(H,4,5)/t4-;2*2-;;/m000../s1. The molecule has 1 aliphatic heterocycles. The summed E-state index contributed by atoms with van der Waals surface area (Å²) in [6, 6.07) is -1.73. The van der Waals surface area contributed by atoms with Gasteiger partial charge in [-0.25, -0.2) is 0 Å². The number of aliphatic carboxylic acids is 5. The number of hydrogen-bond donors (Lipinski definition) is 10. The molecule has 1 aliphatic rings. The van der Waals surface area contributed by atoms with Crippen LogP contribution in [0.5, 0.6) is 0 Å². The number of carboxylic acids is 5. The van der Waals surface area contributed by atoms with Crippen LogP contribution in [0.4, 0.5) is 0 Å². The summed E-state index contributed by atoms with van der Waals surface area (Å²) in [5, 5.41) is 42.1. The van der Waals surface area contributed by atoms with Gasteiger partial charge in [0.1, 0.15) is 18.1 Å². The molecule has 0 unspecified atom stereocenters. The van der Waals surface area contributed by atoms with E-state index in [1.54, 1.807) is 0 Å². The predicted molar refractivity (Wildman–Crippen MR) is 105 cm³/mol. The molecule has 0 bridgehead atoms. The smallest absolute Gasteiger partial charge is 0.320 e. The summed E-state index contributed by atoms with van der Waals surface area (Å²) in [5.41, 5.74) is 18.8. The molecule has 0 amide bonds. The molecule has 0 aromatic rings. The maximum Gasteiger partial charge on any atom is 0.320 e. The number of carbonyl (C=O) groups is 5. The Balaban J connectivity index is -0.000000143. The number of hydrogen-bond acceptors (Lipinski definition) is 10. The molecule has 15 heteroatoms. The average molecular weight is 443 g/mol. The Bertz CT molecular complexity index is 476. The van der Waals surface area contributed by atoms with Crippen molar-refractivity contribution in [2.24, 2.45) is 22.9 Å². The van der Waals surface area contributed by atoms with Crippen molar-refractivity contribution in [3.05, 3.63) is 0 Å². The second-order valence-corrected chi connectivity index (χ2v) is 5.44. The molecule has 1 rings (SSSR count). The Morgan fingerprint density at radius 1 is 0.833 bits per heavy atom. The van der Waals surface area contributed by atoms with Gasteiger partial charge in [0, 0.05) is 0 Å². The second kappa shape index (κ2) is 22.4. The third-order valence-electron chi connectivity index (χ3n) is 2.49. The molecule has 1 fully saturated rings. The van der Waals surface area contributed by atoms with Crippen molar-refractivity contribution in [1.82, 2.24) is 5.32 Å². The molecule has 0 radical (unpaired) electrons. The second-order valence-electron chi connectivity index (χ2n) is 5.44. The fraction of sp³-hybridized carbons (Fsp3) is 0.667. The monoisotopic (exact) mass is 443 g/mol. The minimum atomic E-state index is -0.968. The van der Waals surface area contributed by atoms with Gasteiger partial charge in [-0.2, -0.15) is 0 Å². The van der Waals surface area contributed by atoms with E-state index in [4.69, 9.17) is 37.0 Å². The highest BCUT2D eigenvalue weighted by molar-refractivity contribution is 5.73.